The van der Waals surface area contributed by atoms with Gasteiger partial charge in [-0.15, -0.1) is 0 Å². The van der Waals surface area contributed by atoms with Crippen molar-refractivity contribution in [1.82, 2.24) is 10.6 Å². The molecule has 3 N–H and O–H groups in total. The normalized spacial score (nSPS) is 12.9. The Balaban J connectivity index is 1.47. The van der Waals surface area contributed by atoms with Crippen LogP contribution in [0.4, 0.5) is 5.69 Å². The summed E-state index contributed by atoms with van der Waals surface area (Å²) in [5.74, 6) is -0.332. The van der Waals surface area contributed by atoms with Crippen molar-refractivity contribution in [2.45, 2.75) is 12.8 Å². The van der Waals surface area contributed by atoms with E-state index in [0.29, 0.717) is 34.9 Å². The van der Waals surface area contributed by atoms with Gasteiger partial charge in [-0.05, 0) is 49.2 Å². The number of carbonyl (C=O) groups is 3. The van der Waals surface area contributed by atoms with Crippen molar-refractivity contribution < 1.29 is 14.4 Å². The molecule has 0 radical (unpaired) electrons. The van der Waals surface area contributed by atoms with E-state index in [1.165, 1.54) is 0 Å². The minimum Gasteiger partial charge on any atom is -0.354 e. The maximum Gasteiger partial charge on any atom is 0.257 e. The van der Waals surface area contributed by atoms with Gasteiger partial charge in [-0.1, -0.05) is 23.7 Å². The van der Waals surface area contributed by atoms with Gasteiger partial charge < -0.3 is 16.0 Å². The number of halogens is 1. The van der Waals surface area contributed by atoms with Gasteiger partial charge in [-0.3, -0.25) is 14.4 Å². The van der Waals surface area contributed by atoms with E-state index in [4.69, 9.17) is 11.6 Å². The molecule has 0 unspecified atom stereocenters. The van der Waals surface area contributed by atoms with E-state index in [-0.39, 0.29) is 23.6 Å². The van der Waals surface area contributed by atoms with Crippen LogP contribution in [-0.2, 0) is 4.79 Å². The zero-order chi connectivity index (χ0) is 19.2. The first-order chi connectivity index (χ1) is 13.0. The molecule has 2 aromatic rings. The standard InChI is InChI=1S/C20H20ClN3O3/c21-17-4-2-1-3-16(17)20(27)24-15-9-7-14(8-10-15)19(26)23-12-11-22-18(25)13-5-6-13/h1-4,7-10,13H,5-6,11-12H2,(H,22,25)(H,23,26)(H,24,27). The first-order valence-corrected chi connectivity index (χ1v) is 9.14. The summed E-state index contributed by atoms with van der Waals surface area (Å²) in [5, 5.41) is 8.66. The van der Waals surface area contributed by atoms with Crippen molar-refractivity contribution >= 4 is 35.0 Å². The largest absolute Gasteiger partial charge is 0.354 e. The van der Waals surface area contributed by atoms with E-state index >= 15 is 0 Å². The number of carbonyl (C=O) groups excluding carboxylic acids is 3. The predicted octanol–water partition coefficient (Wildman–Crippen LogP) is 2.85. The van der Waals surface area contributed by atoms with Crippen LogP contribution in [0.25, 0.3) is 0 Å². The van der Waals surface area contributed by atoms with Crippen molar-refractivity contribution in [2.24, 2.45) is 5.92 Å². The van der Waals surface area contributed by atoms with E-state index < -0.39 is 0 Å². The monoisotopic (exact) mass is 385 g/mol. The number of hydrogen-bond donors (Lipinski definition) is 3. The molecule has 1 saturated carbocycles. The lowest BCUT2D eigenvalue weighted by molar-refractivity contribution is -0.122. The molecule has 3 rings (SSSR count). The fourth-order valence-corrected chi connectivity index (χ4v) is 2.72. The van der Waals surface area contributed by atoms with E-state index in [0.717, 1.165) is 12.8 Å². The van der Waals surface area contributed by atoms with Gasteiger partial charge in [0.1, 0.15) is 0 Å². The summed E-state index contributed by atoms with van der Waals surface area (Å²) >= 11 is 6.01. The highest BCUT2D eigenvalue weighted by Gasteiger charge is 2.28. The average molecular weight is 386 g/mol. The second-order valence-electron chi connectivity index (χ2n) is 6.33. The molecule has 0 aliphatic heterocycles. The smallest absolute Gasteiger partial charge is 0.257 e. The number of nitrogens with one attached hydrogen (secondary N) is 3. The summed E-state index contributed by atoms with van der Waals surface area (Å²) in [6.45, 7) is 0.773. The van der Waals surface area contributed by atoms with Gasteiger partial charge in [0, 0.05) is 30.3 Å². The van der Waals surface area contributed by atoms with Gasteiger partial charge in [-0.25, -0.2) is 0 Å². The maximum absolute atomic E-state index is 12.2. The molecule has 6 nitrogen and oxygen atoms in total. The molecule has 0 atom stereocenters. The number of rotatable bonds is 7. The highest BCUT2D eigenvalue weighted by Crippen LogP contribution is 2.28. The average Bonchev–Trinajstić information content (AvgIpc) is 3.51. The van der Waals surface area contributed by atoms with Crippen LogP contribution in [0.1, 0.15) is 33.6 Å². The van der Waals surface area contributed by atoms with Gasteiger partial charge in [0.15, 0.2) is 0 Å². The minimum atomic E-state index is -0.316. The third-order valence-electron chi connectivity index (χ3n) is 4.18. The zero-order valence-corrected chi connectivity index (χ0v) is 15.4. The highest BCUT2D eigenvalue weighted by atomic mass is 35.5. The fourth-order valence-electron chi connectivity index (χ4n) is 2.50. The van der Waals surface area contributed by atoms with E-state index in [2.05, 4.69) is 16.0 Å². The second-order valence-corrected chi connectivity index (χ2v) is 6.74. The predicted molar refractivity (Wildman–Crippen MR) is 104 cm³/mol. The number of anilines is 1. The molecule has 3 amide bonds. The van der Waals surface area contributed by atoms with Crippen LogP contribution in [0.3, 0.4) is 0 Å². The van der Waals surface area contributed by atoms with Crippen LogP contribution in [0, 0.1) is 5.92 Å². The molecule has 1 aliphatic rings. The van der Waals surface area contributed by atoms with Crippen molar-refractivity contribution in [2.75, 3.05) is 18.4 Å². The summed E-state index contributed by atoms with van der Waals surface area (Å²) in [7, 11) is 0. The zero-order valence-electron chi connectivity index (χ0n) is 14.6. The Bertz CT molecular complexity index is 848. The molecule has 1 fully saturated rings. The maximum atomic E-state index is 12.2. The Morgan fingerprint density at radius 1 is 0.889 bits per heavy atom. The van der Waals surface area contributed by atoms with Crippen molar-refractivity contribution in [3.05, 3.63) is 64.7 Å². The Morgan fingerprint density at radius 2 is 1.56 bits per heavy atom. The summed E-state index contributed by atoms with van der Waals surface area (Å²) in [6.07, 6.45) is 1.91. The molecular formula is C20H20ClN3O3. The van der Waals surface area contributed by atoms with Gasteiger partial charge in [0.25, 0.3) is 11.8 Å². The molecule has 0 saturated heterocycles. The molecular weight excluding hydrogens is 366 g/mol. The van der Waals surface area contributed by atoms with Gasteiger partial charge in [-0.2, -0.15) is 0 Å². The second kappa shape index (κ2) is 8.68. The molecule has 7 heteroatoms. The van der Waals surface area contributed by atoms with Gasteiger partial charge >= 0.3 is 0 Å². The lowest BCUT2D eigenvalue weighted by Crippen LogP contribution is -2.35. The van der Waals surface area contributed by atoms with E-state index in [9.17, 15) is 14.4 Å². The SMILES string of the molecule is O=C(NCCNC(=O)C1CC1)c1ccc(NC(=O)c2ccccc2Cl)cc1. The quantitative estimate of drug-likeness (QED) is 0.640. The molecule has 0 heterocycles. The number of hydrogen-bond acceptors (Lipinski definition) is 3. The van der Waals surface area contributed by atoms with Crippen molar-refractivity contribution in [3.63, 3.8) is 0 Å². The summed E-state index contributed by atoms with van der Waals surface area (Å²) < 4.78 is 0. The third-order valence-corrected chi connectivity index (χ3v) is 4.51. The first-order valence-electron chi connectivity index (χ1n) is 8.76. The van der Waals surface area contributed by atoms with E-state index in [1.807, 2.05) is 0 Å². The first kappa shape index (κ1) is 18.9. The van der Waals surface area contributed by atoms with Crippen molar-refractivity contribution in [1.29, 1.82) is 0 Å². The Kier molecular flexibility index (Phi) is 6.08. The fraction of sp³-hybridized carbons (Fsp3) is 0.250. The third kappa shape index (κ3) is 5.31. The Hall–Kier alpha value is -2.86. The van der Waals surface area contributed by atoms with E-state index in [1.54, 1.807) is 48.5 Å². The van der Waals surface area contributed by atoms with Crippen LogP contribution in [0.2, 0.25) is 5.02 Å². The molecule has 0 spiro atoms. The molecule has 1 aliphatic carbocycles. The lowest BCUT2D eigenvalue weighted by atomic mass is 10.1. The minimum absolute atomic E-state index is 0.0582. The molecule has 140 valence electrons. The number of benzene rings is 2. The van der Waals surface area contributed by atoms with Gasteiger partial charge in [0.05, 0.1) is 10.6 Å². The summed E-state index contributed by atoms with van der Waals surface area (Å²) in [6, 6.07) is 13.3. The van der Waals surface area contributed by atoms with Crippen LogP contribution in [0.5, 0.6) is 0 Å². The Labute approximate surface area is 162 Å². The molecule has 2 aromatic carbocycles. The molecule has 0 aromatic heterocycles. The lowest BCUT2D eigenvalue weighted by Gasteiger charge is -2.09. The van der Waals surface area contributed by atoms with Crippen LogP contribution < -0.4 is 16.0 Å². The van der Waals surface area contributed by atoms with Crippen molar-refractivity contribution in [3.8, 4) is 0 Å². The van der Waals surface area contributed by atoms with Crippen LogP contribution >= 0.6 is 11.6 Å². The Morgan fingerprint density at radius 3 is 2.22 bits per heavy atom. The number of amides is 3. The van der Waals surface area contributed by atoms with Gasteiger partial charge in [0.2, 0.25) is 5.91 Å². The summed E-state index contributed by atoms with van der Waals surface area (Å²) in [5.41, 5.74) is 1.42. The summed E-state index contributed by atoms with van der Waals surface area (Å²) in [4.78, 5) is 35.8. The van der Waals surface area contributed by atoms with Crippen LogP contribution in [0.15, 0.2) is 48.5 Å². The molecule has 27 heavy (non-hydrogen) atoms. The van der Waals surface area contributed by atoms with Crippen LogP contribution in [-0.4, -0.2) is 30.8 Å². The highest BCUT2D eigenvalue weighted by molar-refractivity contribution is 6.34. The molecule has 0 bridgehead atoms. The topological polar surface area (TPSA) is 87.3 Å².